The van der Waals surface area contributed by atoms with Crippen molar-refractivity contribution in [3.05, 3.63) is 33.9 Å². The molecule has 0 saturated heterocycles. The summed E-state index contributed by atoms with van der Waals surface area (Å²) in [6.45, 7) is 2.64. The number of nitrogens with zero attached hydrogens (tertiary/aromatic N) is 1. The van der Waals surface area contributed by atoms with E-state index in [1.54, 1.807) is 19.4 Å². The molecular weight excluding hydrogens is 278 g/mol. The van der Waals surface area contributed by atoms with Crippen LogP contribution in [-0.4, -0.2) is 22.0 Å². The highest BCUT2D eigenvalue weighted by Gasteiger charge is 2.19. The first-order chi connectivity index (χ1) is 10.6. The van der Waals surface area contributed by atoms with Gasteiger partial charge in [0.2, 0.25) is 0 Å². The molecule has 1 aliphatic rings. The first-order valence-corrected chi connectivity index (χ1v) is 8.03. The van der Waals surface area contributed by atoms with E-state index in [-0.39, 0.29) is 11.5 Å². The summed E-state index contributed by atoms with van der Waals surface area (Å²) in [5.41, 5.74) is 2.04. The topological polar surface area (TPSA) is 66.9 Å². The SMILES string of the molecule is Cc1cn(C)c(=O)c2c(C(=O)NCC3CCCCC3)c[nH]c12. The number of aromatic amines is 1. The minimum absolute atomic E-state index is 0.135. The molecule has 1 amide bonds. The Kier molecular flexibility index (Phi) is 4.05. The largest absolute Gasteiger partial charge is 0.360 e. The average Bonchev–Trinajstić information content (AvgIpc) is 2.97. The number of nitrogens with one attached hydrogen (secondary N) is 2. The molecule has 5 nitrogen and oxygen atoms in total. The zero-order chi connectivity index (χ0) is 15.7. The Hall–Kier alpha value is -2.04. The number of hydrogen-bond acceptors (Lipinski definition) is 2. The summed E-state index contributed by atoms with van der Waals surface area (Å²) >= 11 is 0. The number of pyridine rings is 1. The number of amides is 1. The summed E-state index contributed by atoms with van der Waals surface area (Å²) in [7, 11) is 1.71. The lowest BCUT2D eigenvalue weighted by atomic mass is 9.89. The second-order valence-corrected chi connectivity index (χ2v) is 6.39. The lowest BCUT2D eigenvalue weighted by molar-refractivity contribution is 0.0945. The van der Waals surface area contributed by atoms with Crippen molar-refractivity contribution in [3.63, 3.8) is 0 Å². The molecule has 5 heteroatoms. The molecule has 0 bridgehead atoms. The van der Waals surface area contributed by atoms with Gasteiger partial charge in [-0.1, -0.05) is 19.3 Å². The van der Waals surface area contributed by atoms with E-state index >= 15 is 0 Å². The Labute approximate surface area is 129 Å². The summed E-state index contributed by atoms with van der Waals surface area (Å²) in [6.07, 6.45) is 9.63. The van der Waals surface area contributed by atoms with Gasteiger partial charge in [-0.2, -0.15) is 0 Å². The number of carbonyl (C=O) groups is 1. The Morgan fingerprint density at radius 2 is 2.09 bits per heavy atom. The first kappa shape index (κ1) is 14.9. The van der Waals surface area contributed by atoms with Crippen LogP contribution >= 0.6 is 0 Å². The Bertz CT molecular complexity index is 751. The average molecular weight is 301 g/mol. The first-order valence-electron chi connectivity index (χ1n) is 8.03. The van der Waals surface area contributed by atoms with E-state index in [2.05, 4.69) is 10.3 Å². The minimum atomic E-state index is -0.153. The van der Waals surface area contributed by atoms with Crippen molar-refractivity contribution in [2.24, 2.45) is 13.0 Å². The molecule has 0 aromatic carbocycles. The van der Waals surface area contributed by atoms with Gasteiger partial charge >= 0.3 is 0 Å². The second-order valence-electron chi connectivity index (χ2n) is 6.39. The smallest absolute Gasteiger partial charge is 0.260 e. The molecule has 1 aliphatic carbocycles. The van der Waals surface area contributed by atoms with Crippen molar-refractivity contribution in [3.8, 4) is 0 Å². The van der Waals surface area contributed by atoms with Crippen molar-refractivity contribution in [1.29, 1.82) is 0 Å². The van der Waals surface area contributed by atoms with Crippen LogP contribution in [0.5, 0.6) is 0 Å². The molecule has 2 heterocycles. The fraction of sp³-hybridized carbons (Fsp3) is 0.529. The maximum absolute atomic E-state index is 12.5. The van der Waals surface area contributed by atoms with Crippen LogP contribution in [0.4, 0.5) is 0 Å². The zero-order valence-corrected chi connectivity index (χ0v) is 13.2. The Morgan fingerprint density at radius 3 is 2.82 bits per heavy atom. The van der Waals surface area contributed by atoms with Gasteiger partial charge in [-0.05, 0) is 31.2 Å². The molecule has 118 valence electrons. The molecule has 2 aromatic heterocycles. The van der Waals surface area contributed by atoms with Crippen LogP contribution < -0.4 is 10.9 Å². The summed E-state index contributed by atoms with van der Waals surface area (Å²) in [5.74, 6) is 0.423. The summed E-state index contributed by atoms with van der Waals surface area (Å²) in [5, 5.41) is 3.50. The van der Waals surface area contributed by atoms with E-state index in [9.17, 15) is 9.59 Å². The van der Waals surface area contributed by atoms with Crippen LogP contribution in [0.2, 0.25) is 0 Å². The Balaban J connectivity index is 1.83. The molecule has 0 unspecified atom stereocenters. The van der Waals surface area contributed by atoms with Crippen molar-refractivity contribution >= 4 is 16.8 Å². The number of aromatic nitrogens is 2. The number of fused-ring (bicyclic) bond motifs is 1. The fourth-order valence-electron chi connectivity index (χ4n) is 3.45. The van der Waals surface area contributed by atoms with Gasteiger partial charge in [0.1, 0.15) is 0 Å². The maximum atomic E-state index is 12.5. The molecule has 1 fully saturated rings. The lowest BCUT2D eigenvalue weighted by Gasteiger charge is -2.21. The summed E-state index contributed by atoms with van der Waals surface area (Å²) in [4.78, 5) is 27.9. The fourth-order valence-corrected chi connectivity index (χ4v) is 3.45. The van der Waals surface area contributed by atoms with Crippen LogP contribution in [0.1, 0.15) is 48.0 Å². The van der Waals surface area contributed by atoms with Crippen LogP contribution in [0.25, 0.3) is 10.9 Å². The van der Waals surface area contributed by atoms with Gasteiger partial charge < -0.3 is 14.9 Å². The van der Waals surface area contributed by atoms with Crippen molar-refractivity contribution in [2.75, 3.05) is 6.54 Å². The Morgan fingerprint density at radius 1 is 1.36 bits per heavy atom. The van der Waals surface area contributed by atoms with E-state index in [0.717, 1.165) is 11.1 Å². The number of aryl methyl sites for hydroxylation is 2. The van der Waals surface area contributed by atoms with Crippen LogP contribution in [0, 0.1) is 12.8 Å². The maximum Gasteiger partial charge on any atom is 0.260 e. The van der Waals surface area contributed by atoms with Gasteiger partial charge in [0, 0.05) is 26.0 Å². The third-order valence-electron chi connectivity index (χ3n) is 4.72. The van der Waals surface area contributed by atoms with E-state index in [1.807, 2.05) is 6.92 Å². The normalized spacial score (nSPS) is 16.1. The van der Waals surface area contributed by atoms with Gasteiger partial charge in [0.25, 0.3) is 11.5 Å². The standard InChI is InChI=1S/C17H23N3O2/c1-11-10-20(2)17(22)14-13(9-18-15(11)14)16(21)19-8-12-6-4-3-5-7-12/h9-10,12,18H,3-8H2,1-2H3,(H,19,21). The van der Waals surface area contributed by atoms with Crippen LogP contribution in [-0.2, 0) is 7.05 Å². The predicted octanol–water partition coefficient (Wildman–Crippen LogP) is 2.49. The van der Waals surface area contributed by atoms with E-state index < -0.39 is 0 Å². The van der Waals surface area contributed by atoms with E-state index in [4.69, 9.17) is 0 Å². The van der Waals surface area contributed by atoms with E-state index in [1.165, 1.54) is 36.7 Å². The molecule has 0 spiro atoms. The molecular formula is C17H23N3O2. The number of hydrogen-bond donors (Lipinski definition) is 2. The molecule has 0 atom stereocenters. The van der Waals surface area contributed by atoms with Gasteiger partial charge in [-0.3, -0.25) is 9.59 Å². The van der Waals surface area contributed by atoms with Crippen molar-refractivity contribution in [2.45, 2.75) is 39.0 Å². The summed E-state index contributed by atoms with van der Waals surface area (Å²) < 4.78 is 1.53. The van der Waals surface area contributed by atoms with E-state index in [0.29, 0.717) is 23.4 Å². The van der Waals surface area contributed by atoms with Crippen LogP contribution in [0.3, 0.4) is 0 Å². The monoisotopic (exact) mass is 301 g/mol. The highest BCUT2D eigenvalue weighted by atomic mass is 16.2. The molecule has 0 aliphatic heterocycles. The van der Waals surface area contributed by atoms with Gasteiger partial charge in [0.15, 0.2) is 0 Å². The third-order valence-corrected chi connectivity index (χ3v) is 4.72. The number of rotatable bonds is 3. The minimum Gasteiger partial charge on any atom is -0.360 e. The highest BCUT2D eigenvalue weighted by Crippen LogP contribution is 2.23. The lowest BCUT2D eigenvalue weighted by Crippen LogP contribution is -2.31. The third kappa shape index (κ3) is 2.67. The van der Waals surface area contributed by atoms with Gasteiger partial charge in [0.05, 0.1) is 16.5 Å². The molecule has 0 radical (unpaired) electrons. The highest BCUT2D eigenvalue weighted by molar-refractivity contribution is 6.06. The van der Waals surface area contributed by atoms with Crippen molar-refractivity contribution < 1.29 is 4.79 Å². The molecule has 2 aromatic rings. The quantitative estimate of drug-likeness (QED) is 0.914. The molecule has 3 rings (SSSR count). The van der Waals surface area contributed by atoms with Crippen LogP contribution in [0.15, 0.2) is 17.2 Å². The number of carbonyl (C=O) groups excluding carboxylic acids is 1. The second kappa shape index (κ2) is 5.99. The number of H-pyrrole nitrogens is 1. The molecule has 2 N–H and O–H groups in total. The zero-order valence-electron chi connectivity index (χ0n) is 13.2. The molecule has 22 heavy (non-hydrogen) atoms. The van der Waals surface area contributed by atoms with Crippen molar-refractivity contribution in [1.82, 2.24) is 14.9 Å². The summed E-state index contributed by atoms with van der Waals surface area (Å²) in [6, 6.07) is 0. The predicted molar refractivity (Wildman–Crippen MR) is 87.2 cm³/mol. The molecule has 1 saturated carbocycles. The van der Waals surface area contributed by atoms with Gasteiger partial charge in [-0.25, -0.2) is 0 Å². The van der Waals surface area contributed by atoms with Gasteiger partial charge in [-0.15, -0.1) is 0 Å².